The molecule has 0 radical (unpaired) electrons. The van der Waals surface area contributed by atoms with Crippen LogP contribution in [-0.2, 0) is 0 Å². The standard InChI is InChI=1S/C14H23NO/c1-10-7-11(2)13(12(3)8-10)15(6)9-14(4,5)16/h7-8,16H,9H2,1-6H3. The van der Waals surface area contributed by atoms with Gasteiger partial charge in [-0.25, -0.2) is 0 Å². The highest BCUT2D eigenvalue weighted by molar-refractivity contribution is 5.59. The Morgan fingerprint density at radius 2 is 1.56 bits per heavy atom. The van der Waals surface area contributed by atoms with E-state index < -0.39 is 5.60 Å². The first-order valence-electron chi connectivity index (χ1n) is 5.72. The van der Waals surface area contributed by atoms with Crippen molar-refractivity contribution < 1.29 is 5.11 Å². The average Bonchev–Trinajstić information content (AvgIpc) is 1.96. The number of nitrogens with zero attached hydrogens (tertiary/aromatic N) is 1. The predicted octanol–water partition coefficient (Wildman–Crippen LogP) is 2.82. The van der Waals surface area contributed by atoms with E-state index in [9.17, 15) is 5.11 Å². The molecule has 1 aromatic rings. The smallest absolute Gasteiger partial charge is 0.0765 e. The summed E-state index contributed by atoms with van der Waals surface area (Å²) in [4.78, 5) is 2.13. The molecule has 0 atom stereocenters. The normalized spacial score (nSPS) is 11.7. The fourth-order valence-corrected chi connectivity index (χ4v) is 2.43. The van der Waals surface area contributed by atoms with Crippen molar-refractivity contribution in [1.29, 1.82) is 0 Å². The van der Waals surface area contributed by atoms with Crippen LogP contribution in [-0.4, -0.2) is 24.3 Å². The number of hydrogen-bond donors (Lipinski definition) is 1. The minimum atomic E-state index is -0.668. The van der Waals surface area contributed by atoms with Crippen LogP contribution in [0.3, 0.4) is 0 Å². The van der Waals surface area contributed by atoms with Crippen molar-refractivity contribution in [3.05, 3.63) is 28.8 Å². The minimum absolute atomic E-state index is 0.637. The van der Waals surface area contributed by atoms with Crippen LogP contribution in [0.1, 0.15) is 30.5 Å². The molecule has 0 spiro atoms. The lowest BCUT2D eigenvalue weighted by Crippen LogP contribution is -2.36. The summed E-state index contributed by atoms with van der Waals surface area (Å²) >= 11 is 0. The summed E-state index contributed by atoms with van der Waals surface area (Å²) in [5.74, 6) is 0. The van der Waals surface area contributed by atoms with Gasteiger partial charge in [-0.15, -0.1) is 0 Å². The Kier molecular flexibility index (Phi) is 3.64. The Balaban J connectivity index is 3.04. The molecule has 2 heteroatoms. The van der Waals surface area contributed by atoms with Crippen molar-refractivity contribution >= 4 is 5.69 Å². The maximum absolute atomic E-state index is 9.84. The van der Waals surface area contributed by atoms with Gasteiger partial charge in [-0.05, 0) is 45.7 Å². The van der Waals surface area contributed by atoms with Gasteiger partial charge >= 0.3 is 0 Å². The van der Waals surface area contributed by atoms with Crippen LogP contribution >= 0.6 is 0 Å². The van der Waals surface area contributed by atoms with Gasteiger partial charge in [-0.3, -0.25) is 0 Å². The molecule has 1 rings (SSSR count). The molecule has 0 aliphatic carbocycles. The van der Waals surface area contributed by atoms with Crippen molar-refractivity contribution in [3.8, 4) is 0 Å². The zero-order chi connectivity index (χ0) is 12.5. The highest BCUT2D eigenvalue weighted by Crippen LogP contribution is 2.26. The molecule has 0 saturated carbocycles. The van der Waals surface area contributed by atoms with E-state index in [1.165, 1.54) is 22.4 Å². The first-order valence-corrected chi connectivity index (χ1v) is 5.72. The molecular weight excluding hydrogens is 198 g/mol. The molecular formula is C14H23NO. The largest absolute Gasteiger partial charge is 0.389 e. The van der Waals surface area contributed by atoms with Crippen molar-refractivity contribution in [1.82, 2.24) is 0 Å². The van der Waals surface area contributed by atoms with Crippen LogP contribution in [0, 0.1) is 20.8 Å². The Morgan fingerprint density at radius 1 is 1.12 bits per heavy atom. The molecule has 2 nitrogen and oxygen atoms in total. The lowest BCUT2D eigenvalue weighted by Gasteiger charge is -2.30. The van der Waals surface area contributed by atoms with Crippen LogP contribution in [0.5, 0.6) is 0 Å². The Morgan fingerprint density at radius 3 is 1.94 bits per heavy atom. The number of aryl methyl sites for hydroxylation is 3. The summed E-state index contributed by atoms with van der Waals surface area (Å²) in [5, 5.41) is 9.84. The zero-order valence-electron chi connectivity index (χ0n) is 11.3. The Hall–Kier alpha value is -1.02. The third-order valence-corrected chi connectivity index (χ3v) is 2.64. The fraction of sp³-hybridized carbons (Fsp3) is 0.571. The molecule has 0 aliphatic rings. The van der Waals surface area contributed by atoms with Gasteiger partial charge in [0.1, 0.15) is 0 Å². The predicted molar refractivity (Wildman–Crippen MR) is 70.2 cm³/mol. The third-order valence-electron chi connectivity index (χ3n) is 2.64. The monoisotopic (exact) mass is 221 g/mol. The summed E-state index contributed by atoms with van der Waals surface area (Å²) in [6.07, 6.45) is 0. The van der Waals surface area contributed by atoms with Gasteiger partial charge in [-0.1, -0.05) is 17.7 Å². The summed E-state index contributed by atoms with van der Waals surface area (Å²) in [5.41, 5.74) is 4.38. The van der Waals surface area contributed by atoms with Crippen LogP contribution in [0.15, 0.2) is 12.1 Å². The average molecular weight is 221 g/mol. The van der Waals surface area contributed by atoms with Gasteiger partial charge in [0.15, 0.2) is 0 Å². The summed E-state index contributed by atoms with van der Waals surface area (Å²) in [7, 11) is 2.03. The summed E-state index contributed by atoms with van der Waals surface area (Å²) in [6, 6.07) is 4.37. The number of likely N-dealkylation sites (N-methyl/N-ethyl adjacent to an activating group) is 1. The second-order valence-electron chi connectivity index (χ2n) is 5.42. The van der Waals surface area contributed by atoms with Gasteiger partial charge in [-0.2, -0.15) is 0 Å². The number of hydrogen-bond acceptors (Lipinski definition) is 2. The first-order chi connectivity index (χ1) is 7.20. The second-order valence-corrected chi connectivity index (χ2v) is 5.42. The Labute approximate surface area is 98.9 Å². The molecule has 0 amide bonds. The molecule has 1 N–H and O–H groups in total. The molecule has 90 valence electrons. The van der Waals surface area contributed by atoms with Gasteiger partial charge in [0, 0.05) is 19.3 Å². The molecule has 16 heavy (non-hydrogen) atoms. The van der Waals surface area contributed by atoms with E-state index in [0.717, 1.165) is 0 Å². The lowest BCUT2D eigenvalue weighted by molar-refractivity contribution is 0.0886. The summed E-state index contributed by atoms with van der Waals surface area (Å²) in [6.45, 7) is 10.7. The van der Waals surface area contributed by atoms with Crippen LogP contribution < -0.4 is 4.90 Å². The molecule has 0 saturated heterocycles. The molecule has 0 heterocycles. The molecule has 1 aromatic carbocycles. The molecule has 0 aliphatic heterocycles. The van der Waals surface area contributed by atoms with Crippen molar-refractivity contribution in [2.75, 3.05) is 18.5 Å². The third kappa shape index (κ3) is 3.24. The van der Waals surface area contributed by atoms with Crippen molar-refractivity contribution in [3.63, 3.8) is 0 Å². The topological polar surface area (TPSA) is 23.5 Å². The molecule has 0 bridgehead atoms. The molecule has 0 unspecified atom stereocenters. The van der Waals surface area contributed by atoms with Crippen LogP contribution in [0.2, 0.25) is 0 Å². The number of benzene rings is 1. The minimum Gasteiger partial charge on any atom is -0.389 e. The van der Waals surface area contributed by atoms with E-state index >= 15 is 0 Å². The van der Waals surface area contributed by atoms with E-state index in [1.807, 2.05) is 20.9 Å². The van der Waals surface area contributed by atoms with Crippen molar-refractivity contribution in [2.45, 2.75) is 40.2 Å². The number of aliphatic hydroxyl groups is 1. The van der Waals surface area contributed by atoms with E-state index in [-0.39, 0.29) is 0 Å². The number of anilines is 1. The Bertz CT molecular complexity index is 354. The first kappa shape index (κ1) is 13.0. The van der Waals surface area contributed by atoms with Crippen LogP contribution in [0.4, 0.5) is 5.69 Å². The van der Waals surface area contributed by atoms with Gasteiger partial charge < -0.3 is 10.0 Å². The highest BCUT2D eigenvalue weighted by Gasteiger charge is 2.18. The summed E-state index contributed by atoms with van der Waals surface area (Å²) < 4.78 is 0. The molecule has 0 aromatic heterocycles. The van der Waals surface area contributed by atoms with Gasteiger partial charge in [0.2, 0.25) is 0 Å². The van der Waals surface area contributed by atoms with Gasteiger partial charge in [0.05, 0.1) is 5.60 Å². The van der Waals surface area contributed by atoms with E-state index in [0.29, 0.717) is 6.54 Å². The maximum atomic E-state index is 9.84. The van der Waals surface area contributed by atoms with E-state index in [2.05, 4.69) is 37.8 Å². The maximum Gasteiger partial charge on any atom is 0.0765 e. The quantitative estimate of drug-likeness (QED) is 0.848. The van der Waals surface area contributed by atoms with Crippen molar-refractivity contribution in [2.24, 2.45) is 0 Å². The highest BCUT2D eigenvalue weighted by atomic mass is 16.3. The van der Waals surface area contributed by atoms with Crippen LogP contribution in [0.25, 0.3) is 0 Å². The number of rotatable bonds is 3. The second kappa shape index (κ2) is 4.46. The van der Waals surface area contributed by atoms with E-state index in [4.69, 9.17) is 0 Å². The van der Waals surface area contributed by atoms with Gasteiger partial charge in [0.25, 0.3) is 0 Å². The zero-order valence-corrected chi connectivity index (χ0v) is 11.3. The lowest BCUT2D eigenvalue weighted by atomic mass is 10.0. The molecule has 0 fully saturated rings. The van der Waals surface area contributed by atoms with E-state index in [1.54, 1.807) is 0 Å². The fourth-order valence-electron chi connectivity index (χ4n) is 2.43. The SMILES string of the molecule is Cc1cc(C)c(N(C)CC(C)(C)O)c(C)c1.